The monoisotopic (exact) mass is 555 g/mol. The fourth-order valence-electron chi connectivity index (χ4n) is 3.24. The van der Waals surface area contributed by atoms with E-state index in [9.17, 15) is 30.7 Å². The highest BCUT2D eigenvalue weighted by Gasteiger charge is 2.73. The third kappa shape index (κ3) is 5.73. The van der Waals surface area contributed by atoms with Gasteiger partial charge in [-0.3, -0.25) is 0 Å². The van der Waals surface area contributed by atoms with Gasteiger partial charge in [0.15, 0.2) is 0 Å². The zero-order valence-electron chi connectivity index (χ0n) is 18.6. The van der Waals surface area contributed by atoms with Gasteiger partial charge in [0.1, 0.15) is 12.4 Å². The summed E-state index contributed by atoms with van der Waals surface area (Å²) in [5.74, 6) is -5.78. The number of aromatic nitrogens is 1. The summed E-state index contributed by atoms with van der Waals surface area (Å²) in [6.45, 7) is 3.49. The second-order valence-electron chi connectivity index (χ2n) is 7.70. The molecule has 3 rings (SSSR count). The molecule has 194 valence electrons. The van der Waals surface area contributed by atoms with Crippen LogP contribution >= 0.6 is 23.2 Å². The van der Waals surface area contributed by atoms with E-state index in [1.807, 2.05) is 0 Å². The summed E-state index contributed by atoms with van der Waals surface area (Å²) >= 11 is 12.0. The fourth-order valence-corrected chi connectivity index (χ4v) is 3.70. The molecule has 0 fully saturated rings. The third-order valence-corrected chi connectivity index (χ3v) is 5.72. The average molecular weight is 556 g/mol. The third-order valence-electron chi connectivity index (χ3n) is 5.13. The number of hydrogen-bond acceptors (Lipinski definition) is 3. The summed E-state index contributed by atoms with van der Waals surface area (Å²) in [6, 6.07) is 7.71. The molecule has 0 aliphatic carbocycles. The van der Waals surface area contributed by atoms with Gasteiger partial charge < -0.3 is 9.30 Å². The summed E-state index contributed by atoms with van der Waals surface area (Å²) in [5.41, 5.74) is 3.34. The number of rotatable bonds is 8. The molecule has 2 aromatic carbocycles. The molecule has 3 aromatic rings. The molecule has 0 radical (unpaired) electrons. The summed E-state index contributed by atoms with van der Waals surface area (Å²) in [5, 5.41) is 3.88. The van der Waals surface area contributed by atoms with Crippen LogP contribution in [-0.2, 0) is 6.61 Å². The van der Waals surface area contributed by atoms with E-state index in [1.165, 1.54) is 6.07 Å². The molecule has 0 bridgehead atoms. The molecule has 0 amide bonds. The van der Waals surface area contributed by atoms with Crippen molar-refractivity contribution in [3.8, 4) is 11.4 Å². The number of ether oxygens (including phenoxy) is 1. The van der Waals surface area contributed by atoms with Crippen molar-refractivity contribution in [2.24, 2.45) is 5.10 Å². The van der Waals surface area contributed by atoms with Crippen LogP contribution in [0, 0.1) is 13.8 Å². The molecule has 0 saturated heterocycles. The second kappa shape index (κ2) is 10.2. The molecule has 1 N–H and O–H groups in total. The fraction of sp³-hybridized carbons (Fsp3) is 0.261. The van der Waals surface area contributed by atoms with E-state index in [2.05, 4.69) is 5.10 Å². The van der Waals surface area contributed by atoms with E-state index in [0.29, 0.717) is 38.3 Å². The van der Waals surface area contributed by atoms with Crippen LogP contribution in [0.3, 0.4) is 0 Å². The van der Waals surface area contributed by atoms with Crippen molar-refractivity contribution in [2.75, 3.05) is 0 Å². The summed E-state index contributed by atoms with van der Waals surface area (Å²) in [6.07, 6.45) is -5.71. The highest BCUT2D eigenvalue weighted by Crippen LogP contribution is 2.45. The van der Waals surface area contributed by atoms with E-state index in [-0.39, 0.29) is 12.2 Å². The zero-order chi connectivity index (χ0) is 26.9. The maximum Gasteiger partial charge on any atom is 0.462 e. The summed E-state index contributed by atoms with van der Waals surface area (Å²) < 4.78 is 96.9. The van der Waals surface area contributed by atoms with Gasteiger partial charge >= 0.3 is 18.1 Å². The average Bonchev–Trinajstić information content (AvgIpc) is 3.05. The van der Waals surface area contributed by atoms with E-state index in [0.717, 1.165) is 11.8 Å². The van der Waals surface area contributed by atoms with Crippen molar-refractivity contribution < 1.29 is 35.5 Å². The minimum Gasteiger partial charge on any atom is -0.489 e. The van der Waals surface area contributed by atoms with Crippen LogP contribution in [0.4, 0.5) is 30.7 Å². The molecule has 0 atom stereocenters. The van der Waals surface area contributed by atoms with Gasteiger partial charge in [-0.25, -0.2) is 5.43 Å². The van der Waals surface area contributed by atoms with Gasteiger partial charge in [-0.2, -0.15) is 35.8 Å². The Bertz CT molecular complexity index is 1260. The first kappa shape index (κ1) is 27.7. The Balaban J connectivity index is 1.73. The lowest BCUT2D eigenvalue weighted by molar-refractivity contribution is -0.361. The molecule has 36 heavy (non-hydrogen) atoms. The van der Waals surface area contributed by atoms with Crippen molar-refractivity contribution in [2.45, 2.75) is 38.6 Å². The molecule has 0 spiro atoms. The lowest BCUT2D eigenvalue weighted by atomic mass is 10.2. The van der Waals surface area contributed by atoms with E-state index in [1.54, 1.807) is 60.9 Å². The van der Waals surface area contributed by atoms with Gasteiger partial charge in [-0.05, 0) is 56.3 Å². The molecular formula is C23H18Cl2F7N3O. The molecule has 13 heteroatoms. The Morgan fingerprint density at radius 1 is 0.944 bits per heavy atom. The Morgan fingerprint density at radius 3 is 2.17 bits per heavy atom. The first-order valence-electron chi connectivity index (χ1n) is 10.1. The molecule has 4 nitrogen and oxygen atoms in total. The van der Waals surface area contributed by atoms with Crippen LogP contribution < -0.4 is 10.2 Å². The topological polar surface area (TPSA) is 38.5 Å². The van der Waals surface area contributed by atoms with Crippen LogP contribution in [-0.4, -0.2) is 28.9 Å². The molecular weight excluding hydrogens is 538 g/mol. The van der Waals surface area contributed by atoms with Crippen molar-refractivity contribution >= 4 is 29.4 Å². The van der Waals surface area contributed by atoms with Crippen molar-refractivity contribution in [3.63, 3.8) is 0 Å². The number of hydrazone groups is 1. The molecule has 0 unspecified atom stereocenters. The lowest BCUT2D eigenvalue weighted by Gasteiger charge is -2.27. The van der Waals surface area contributed by atoms with Crippen LogP contribution in [0.1, 0.15) is 22.5 Å². The predicted octanol–water partition coefficient (Wildman–Crippen LogP) is 7.69. The standard InChI is InChI=1S/C23H18Cl2F7N3O/c1-13-9-16(11-33-34-23(31,32)21(26,27)22(28,29)30)14(2)35(13)18-5-7-19(8-6-18)36-12-15-3-4-17(24)10-20(15)25/h3-11,34H,12H2,1-2H3/b33-11-. The van der Waals surface area contributed by atoms with Gasteiger partial charge in [0.05, 0.1) is 6.21 Å². The van der Waals surface area contributed by atoms with Crippen molar-refractivity contribution in [3.05, 3.63) is 81.1 Å². The van der Waals surface area contributed by atoms with Gasteiger partial charge in [0, 0.05) is 38.2 Å². The molecule has 1 heterocycles. The number of halogens is 9. The molecule has 0 aliphatic heterocycles. The smallest absolute Gasteiger partial charge is 0.462 e. The first-order valence-corrected chi connectivity index (χ1v) is 10.9. The van der Waals surface area contributed by atoms with Crippen molar-refractivity contribution in [1.29, 1.82) is 0 Å². The SMILES string of the molecule is Cc1cc(/C=N\NC(F)(F)C(F)(F)C(F)(F)F)c(C)n1-c1ccc(OCc2ccc(Cl)cc2Cl)cc1. The number of nitrogens with zero attached hydrogens (tertiary/aromatic N) is 2. The normalized spacial score (nSPS) is 12.9. The maximum absolute atomic E-state index is 13.4. The highest BCUT2D eigenvalue weighted by atomic mass is 35.5. The van der Waals surface area contributed by atoms with Crippen LogP contribution in [0.15, 0.2) is 53.6 Å². The van der Waals surface area contributed by atoms with E-state index < -0.39 is 18.1 Å². The number of hydrogen-bond donors (Lipinski definition) is 1. The summed E-state index contributed by atoms with van der Waals surface area (Å²) in [7, 11) is 0. The Hall–Kier alpha value is -2.92. The van der Waals surface area contributed by atoms with Gasteiger partial charge in [-0.15, -0.1) is 0 Å². The first-order chi connectivity index (χ1) is 16.6. The maximum atomic E-state index is 13.4. The minimum absolute atomic E-state index is 0.197. The van der Waals surface area contributed by atoms with Gasteiger partial charge in [0.25, 0.3) is 0 Å². The Kier molecular flexibility index (Phi) is 7.85. The summed E-state index contributed by atoms with van der Waals surface area (Å²) in [4.78, 5) is 0. The quantitative estimate of drug-likeness (QED) is 0.134. The minimum atomic E-state index is -6.45. The van der Waals surface area contributed by atoms with Crippen LogP contribution in [0.5, 0.6) is 5.75 Å². The highest BCUT2D eigenvalue weighted by molar-refractivity contribution is 6.35. The van der Waals surface area contributed by atoms with Gasteiger partial charge in [0.2, 0.25) is 0 Å². The number of alkyl halides is 7. The predicted molar refractivity (Wildman–Crippen MR) is 123 cm³/mol. The molecule has 1 aromatic heterocycles. The largest absolute Gasteiger partial charge is 0.489 e. The number of benzene rings is 2. The van der Waals surface area contributed by atoms with Crippen molar-refractivity contribution in [1.82, 2.24) is 9.99 Å². The molecule has 0 saturated carbocycles. The van der Waals surface area contributed by atoms with E-state index in [4.69, 9.17) is 27.9 Å². The van der Waals surface area contributed by atoms with Gasteiger partial charge in [-0.1, -0.05) is 29.3 Å². The Labute approximate surface area is 211 Å². The van der Waals surface area contributed by atoms with E-state index >= 15 is 0 Å². The second-order valence-corrected chi connectivity index (χ2v) is 8.54. The number of nitrogens with one attached hydrogen (secondary N) is 1. The van der Waals surface area contributed by atoms with Crippen LogP contribution in [0.25, 0.3) is 5.69 Å². The van der Waals surface area contributed by atoms with Crippen LogP contribution in [0.2, 0.25) is 10.0 Å². The Morgan fingerprint density at radius 2 is 1.58 bits per heavy atom. The zero-order valence-corrected chi connectivity index (χ0v) is 20.1. The number of aryl methyl sites for hydroxylation is 1. The lowest BCUT2D eigenvalue weighted by Crippen LogP contribution is -2.58. The molecule has 0 aliphatic rings.